The van der Waals surface area contributed by atoms with Gasteiger partial charge in [0.1, 0.15) is 0 Å². The van der Waals surface area contributed by atoms with E-state index in [9.17, 15) is 4.79 Å². The molecule has 4 aromatic carbocycles. The van der Waals surface area contributed by atoms with Gasteiger partial charge in [-0.3, -0.25) is 0 Å². The number of methoxy groups -OCH3 is 1. The Morgan fingerprint density at radius 3 is 1.69 bits per heavy atom. The van der Waals surface area contributed by atoms with Crippen molar-refractivity contribution in [2.75, 3.05) is 7.11 Å². The summed E-state index contributed by atoms with van der Waals surface area (Å²) in [5.74, 6) is 3.00. The minimum atomic E-state index is -2.29. The number of carbonyl (C=O) groups is 1. The quantitative estimate of drug-likeness (QED) is 0.142. The number of rotatable bonds is 5. The molecule has 4 rings (SSSR count). The van der Waals surface area contributed by atoms with E-state index in [-0.39, 0.29) is 5.97 Å². The van der Waals surface area contributed by atoms with Crippen molar-refractivity contribution in [3.63, 3.8) is 0 Å². The molecule has 0 saturated heterocycles. The van der Waals surface area contributed by atoms with Crippen LogP contribution in [0.5, 0.6) is 0 Å². The van der Waals surface area contributed by atoms with Crippen LogP contribution in [0.4, 0.5) is 0 Å². The number of ether oxygens (including phenoxy) is 1. The van der Waals surface area contributed by atoms with E-state index in [4.69, 9.17) is 4.74 Å². The Labute approximate surface area is 198 Å². The third kappa shape index (κ3) is 4.78. The molecule has 0 N–H and O–H groups in total. The molecule has 0 aliphatic carbocycles. The van der Waals surface area contributed by atoms with Gasteiger partial charge in [-0.2, -0.15) is 0 Å². The minimum absolute atomic E-state index is 0.344. The van der Waals surface area contributed by atoms with Crippen molar-refractivity contribution >= 4 is 27.0 Å². The van der Waals surface area contributed by atoms with Gasteiger partial charge in [-0.15, -0.1) is 0 Å². The van der Waals surface area contributed by atoms with Crippen LogP contribution in [0.2, 0.25) is 0 Å². The Morgan fingerprint density at radius 1 is 0.719 bits per heavy atom. The monoisotopic (exact) mass is 619 g/mol. The van der Waals surface area contributed by atoms with Crippen molar-refractivity contribution in [2.45, 2.75) is 0 Å². The van der Waals surface area contributed by atoms with Crippen LogP contribution in [0.15, 0.2) is 115 Å². The van der Waals surface area contributed by atoms with Gasteiger partial charge in [-0.1, -0.05) is 0 Å². The van der Waals surface area contributed by atoms with E-state index in [0.29, 0.717) is 5.56 Å². The first kappa shape index (κ1) is 22.3. The summed E-state index contributed by atoms with van der Waals surface area (Å²) in [7, 11) is 1.39. The molecule has 4 aromatic rings. The van der Waals surface area contributed by atoms with Gasteiger partial charge in [0.05, 0.1) is 0 Å². The number of hydrogen-bond donors (Lipinski definition) is 0. The fourth-order valence-corrected chi connectivity index (χ4v) is 14.8. The van der Waals surface area contributed by atoms with Gasteiger partial charge in [-0.05, 0) is 0 Å². The number of carbonyl (C=O) groups excluding carboxylic acids is 1. The average molecular weight is 619 g/mol. The second-order valence-corrected chi connectivity index (χ2v) is 17.2. The fourth-order valence-electron chi connectivity index (χ4n) is 3.56. The first-order valence-electron chi connectivity index (χ1n) is 10.2. The number of hydrogen-bond acceptors (Lipinski definition) is 2. The van der Waals surface area contributed by atoms with Crippen molar-refractivity contribution in [2.24, 2.45) is 0 Å². The van der Waals surface area contributed by atoms with E-state index in [1.807, 2.05) is 12.1 Å². The molecule has 0 fully saturated rings. The van der Waals surface area contributed by atoms with E-state index in [1.165, 1.54) is 23.0 Å². The summed E-state index contributed by atoms with van der Waals surface area (Å²) in [5, 5.41) is 1.83. The van der Waals surface area contributed by atoms with Crippen LogP contribution in [0.25, 0.3) is 0 Å². The zero-order chi connectivity index (χ0) is 22.2. The molecule has 0 aliphatic rings. The summed E-state index contributed by atoms with van der Waals surface area (Å²) < 4.78 is 8.43. The maximum absolute atomic E-state index is 11.9. The summed E-state index contributed by atoms with van der Waals surface area (Å²) >= 11 is -0.408. The first-order chi connectivity index (χ1) is 15.7. The van der Waals surface area contributed by atoms with Gasteiger partial charge in [0.25, 0.3) is 0 Å². The molecule has 163 valence electrons. The van der Waals surface area contributed by atoms with Crippen LogP contribution in [-0.4, -0.2) is 13.1 Å². The third-order valence-electron chi connectivity index (χ3n) is 5.06. The van der Waals surface area contributed by atoms with E-state index >= 15 is 0 Å². The fraction of sp³-hybridized carbons (Fsp3) is 0.0357. The van der Waals surface area contributed by atoms with Gasteiger partial charge in [0.2, 0.25) is 0 Å². The van der Waals surface area contributed by atoms with Crippen molar-refractivity contribution in [3.8, 4) is 10.1 Å². The zero-order valence-corrected chi connectivity index (χ0v) is 20.8. The Balaban J connectivity index is 1.83. The zero-order valence-electron chi connectivity index (χ0n) is 17.6. The molecule has 4 heteroatoms. The summed E-state index contributed by atoms with van der Waals surface area (Å²) in [6.07, 6.45) is 0. The van der Waals surface area contributed by atoms with Gasteiger partial charge in [-0.25, -0.2) is 0 Å². The second kappa shape index (κ2) is 10.6. The van der Waals surface area contributed by atoms with E-state index in [2.05, 4.69) is 101 Å². The molecular formula is C28H23AuO2P. The molecule has 0 heterocycles. The Bertz CT molecular complexity index is 1150. The molecule has 0 aliphatic heterocycles. The van der Waals surface area contributed by atoms with Crippen LogP contribution in [0.1, 0.15) is 15.9 Å². The van der Waals surface area contributed by atoms with E-state index in [0.717, 1.165) is 5.56 Å². The SMILES string of the molecule is COC(=O)c1cccc(C#[C][Au][PH](c2ccccc2)(c2ccccc2)c2ccccc2)c1. The van der Waals surface area contributed by atoms with Crippen LogP contribution in [0, 0.1) is 10.1 Å². The molecule has 0 radical (unpaired) electrons. The van der Waals surface area contributed by atoms with Crippen LogP contribution in [-0.2, 0) is 24.0 Å². The first-order valence-corrected chi connectivity index (χ1v) is 16.3. The topological polar surface area (TPSA) is 26.3 Å². The van der Waals surface area contributed by atoms with Crippen molar-refractivity contribution in [1.82, 2.24) is 0 Å². The Hall–Kier alpha value is -2.92. The van der Waals surface area contributed by atoms with E-state index in [1.54, 1.807) is 12.1 Å². The Morgan fingerprint density at radius 2 is 1.22 bits per heavy atom. The normalized spacial score (nSPS) is 11.3. The predicted molar refractivity (Wildman–Crippen MR) is 131 cm³/mol. The Kier molecular flexibility index (Phi) is 7.38. The van der Waals surface area contributed by atoms with Gasteiger partial charge < -0.3 is 0 Å². The molecule has 0 bridgehead atoms. The number of esters is 1. The van der Waals surface area contributed by atoms with Gasteiger partial charge in [0.15, 0.2) is 0 Å². The molecule has 0 atom stereocenters. The summed E-state index contributed by atoms with van der Waals surface area (Å²) in [6, 6.07) is 39.8. The molecule has 0 spiro atoms. The molecule has 0 saturated carbocycles. The standard InChI is InChI=1S/C18H15P.C10H7O2.Au/c1-4-10-16(11-5-1)19(17-12-6-2-7-13-17)18-14-8-3-9-15-18;1-3-8-5-4-6-9(7-8)10(11)12-2;/h1-15H;4-7H,2H3;/q;;-1/p+1. The van der Waals surface area contributed by atoms with Crippen molar-refractivity contribution in [1.29, 1.82) is 0 Å². The van der Waals surface area contributed by atoms with Gasteiger partial charge >= 0.3 is 199 Å². The maximum atomic E-state index is 11.9. The predicted octanol–water partition coefficient (Wildman–Crippen LogP) is 4.51. The molecule has 32 heavy (non-hydrogen) atoms. The van der Waals surface area contributed by atoms with Crippen molar-refractivity contribution in [3.05, 3.63) is 126 Å². The summed E-state index contributed by atoms with van der Waals surface area (Å²) in [4.78, 5) is 11.9. The van der Waals surface area contributed by atoms with Crippen LogP contribution < -0.4 is 15.9 Å². The summed E-state index contributed by atoms with van der Waals surface area (Å²) in [5.41, 5.74) is 1.36. The average Bonchev–Trinajstić information content (AvgIpc) is 2.88. The third-order valence-corrected chi connectivity index (χ3v) is 17.8. The van der Waals surface area contributed by atoms with E-state index < -0.39 is 24.4 Å². The second-order valence-electron chi connectivity index (χ2n) is 7.05. The molecule has 0 aromatic heterocycles. The van der Waals surface area contributed by atoms with Crippen LogP contribution in [0.3, 0.4) is 0 Å². The van der Waals surface area contributed by atoms with Gasteiger partial charge in [0, 0.05) is 0 Å². The molecule has 0 unspecified atom stereocenters. The number of benzene rings is 4. The molecular weight excluding hydrogens is 596 g/mol. The van der Waals surface area contributed by atoms with Crippen LogP contribution >= 0.6 is 5.15 Å². The van der Waals surface area contributed by atoms with Crippen molar-refractivity contribution < 1.29 is 28.8 Å². The molecule has 0 amide bonds. The summed E-state index contributed by atoms with van der Waals surface area (Å²) in [6.45, 7) is 0. The molecule has 2 nitrogen and oxygen atoms in total.